The normalized spacial score (nSPS) is 12.6. The molecule has 0 saturated carbocycles. The van der Waals surface area contributed by atoms with E-state index in [1.54, 1.807) is 0 Å². The van der Waals surface area contributed by atoms with Crippen LogP contribution in [-0.2, 0) is 9.84 Å². The Morgan fingerprint density at radius 3 is 2.24 bits per heavy atom. The van der Waals surface area contributed by atoms with Crippen molar-refractivity contribution in [1.82, 2.24) is 4.98 Å². The van der Waals surface area contributed by atoms with E-state index in [1.165, 1.54) is 12.1 Å². The molecule has 3 rings (SSSR count). The van der Waals surface area contributed by atoms with Gasteiger partial charge >= 0.3 is 0 Å². The number of benzene rings is 2. The summed E-state index contributed by atoms with van der Waals surface area (Å²) in [5.74, 6) is -4.20. The molecule has 1 unspecified atom stereocenters. The summed E-state index contributed by atoms with van der Waals surface area (Å²) in [5.41, 5.74) is 3.40. The molecule has 0 saturated heterocycles. The van der Waals surface area contributed by atoms with E-state index < -0.39 is 49.7 Å². The van der Waals surface area contributed by atoms with Gasteiger partial charge in [0.25, 0.3) is 0 Å². The molecule has 2 N–H and O–H groups in total. The van der Waals surface area contributed by atoms with Gasteiger partial charge in [-0.15, -0.1) is 0 Å². The van der Waals surface area contributed by atoms with Gasteiger partial charge in [0, 0.05) is 16.8 Å². The molecule has 150 valence electrons. The highest BCUT2D eigenvalue weighted by Gasteiger charge is 2.36. The summed E-state index contributed by atoms with van der Waals surface area (Å²) < 4.78 is 69.5. The third-order valence-corrected chi connectivity index (χ3v) is 6.37. The van der Waals surface area contributed by atoms with Crippen molar-refractivity contribution in [3.8, 4) is 0 Å². The maximum absolute atomic E-state index is 14.7. The average Bonchev–Trinajstić information content (AvgIpc) is 2.66. The van der Waals surface area contributed by atoms with Crippen LogP contribution in [0.3, 0.4) is 0 Å². The van der Waals surface area contributed by atoms with Crippen molar-refractivity contribution >= 4 is 27.3 Å². The molecular weight excluding hydrogens is 429 g/mol. The van der Waals surface area contributed by atoms with Crippen LogP contribution < -0.4 is 5.73 Å². The molecule has 0 radical (unpaired) electrons. The third kappa shape index (κ3) is 4.10. The van der Waals surface area contributed by atoms with Crippen LogP contribution in [0.1, 0.15) is 26.9 Å². The number of amides is 1. The van der Waals surface area contributed by atoms with Crippen LogP contribution >= 0.6 is 11.6 Å². The zero-order valence-corrected chi connectivity index (χ0v) is 16.0. The van der Waals surface area contributed by atoms with Gasteiger partial charge in [0.1, 0.15) is 22.7 Å². The lowest BCUT2D eigenvalue weighted by Crippen LogP contribution is -2.20. The number of primary amides is 1. The quantitative estimate of drug-likeness (QED) is 0.653. The summed E-state index contributed by atoms with van der Waals surface area (Å²) in [6, 6.07) is 7.73. The van der Waals surface area contributed by atoms with E-state index in [1.807, 2.05) is 0 Å². The number of hydrogen-bond donors (Lipinski definition) is 1. The van der Waals surface area contributed by atoms with Gasteiger partial charge in [0.05, 0.1) is 16.2 Å². The van der Waals surface area contributed by atoms with Crippen molar-refractivity contribution in [1.29, 1.82) is 0 Å². The van der Waals surface area contributed by atoms with Crippen LogP contribution in [-0.4, -0.2) is 19.3 Å². The van der Waals surface area contributed by atoms with Gasteiger partial charge in [0.2, 0.25) is 5.91 Å². The van der Waals surface area contributed by atoms with E-state index in [0.717, 1.165) is 30.5 Å². The van der Waals surface area contributed by atoms with Crippen molar-refractivity contribution in [3.63, 3.8) is 0 Å². The second-order valence-corrected chi connectivity index (χ2v) is 8.47. The maximum Gasteiger partial charge on any atom is 0.250 e. The topological polar surface area (TPSA) is 90.1 Å². The van der Waals surface area contributed by atoms with Crippen LogP contribution in [0.15, 0.2) is 59.6 Å². The van der Waals surface area contributed by atoms with Crippen LogP contribution in [0.4, 0.5) is 13.2 Å². The van der Waals surface area contributed by atoms with Crippen molar-refractivity contribution in [3.05, 3.63) is 94.0 Å². The average molecular weight is 441 g/mol. The Kier molecular flexibility index (Phi) is 5.63. The van der Waals surface area contributed by atoms with Crippen molar-refractivity contribution in [2.75, 3.05) is 0 Å². The van der Waals surface area contributed by atoms with Gasteiger partial charge in [-0.2, -0.15) is 0 Å². The summed E-state index contributed by atoms with van der Waals surface area (Å²) in [5, 5.41) is -1.78. The monoisotopic (exact) mass is 440 g/mol. The highest BCUT2D eigenvalue weighted by atomic mass is 35.5. The van der Waals surface area contributed by atoms with Gasteiger partial charge in [-0.25, -0.2) is 21.6 Å². The van der Waals surface area contributed by atoms with Gasteiger partial charge in [-0.05, 0) is 48.5 Å². The highest BCUT2D eigenvalue weighted by molar-refractivity contribution is 7.91. The Hall–Kier alpha value is -2.91. The van der Waals surface area contributed by atoms with E-state index in [-0.39, 0.29) is 15.5 Å². The van der Waals surface area contributed by atoms with Crippen LogP contribution in [0.2, 0.25) is 5.02 Å². The zero-order valence-electron chi connectivity index (χ0n) is 14.4. The lowest BCUT2D eigenvalue weighted by atomic mass is 10.1. The van der Waals surface area contributed by atoms with Gasteiger partial charge in [-0.1, -0.05) is 11.6 Å². The standard InChI is InChI=1S/C19H12ClF3N2O3S/c20-11-1-4-13(5-2-11)29(27,28)18(14-8-12(21)3-6-15(14)22)17-16(23)7-10(9-25-17)19(24)26/h1-9,18H,(H2,24,26). The molecule has 29 heavy (non-hydrogen) atoms. The number of hydrogen-bond acceptors (Lipinski definition) is 4. The molecule has 1 aromatic heterocycles. The number of sulfone groups is 1. The summed E-state index contributed by atoms with van der Waals surface area (Å²) >= 11 is 5.77. The fourth-order valence-corrected chi connectivity index (χ4v) is 4.61. The molecule has 10 heteroatoms. The van der Waals surface area contributed by atoms with E-state index in [4.69, 9.17) is 17.3 Å². The number of nitrogens with zero attached hydrogens (tertiary/aromatic N) is 1. The number of pyridine rings is 1. The van der Waals surface area contributed by atoms with Crippen molar-refractivity contribution < 1.29 is 26.4 Å². The minimum absolute atomic E-state index is 0.243. The molecule has 0 spiro atoms. The number of carbonyl (C=O) groups is 1. The number of nitrogens with two attached hydrogens (primary N) is 1. The molecule has 0 aliphatic rings. The predicted octanol–water partition coefficient (Wildman–Crippen LogP) is 3.81. The Morgan fingerprint density at radius 2 is 1.66 bits per heavy atom. The minimum atomic E-state index is -4.50. The summed E-state index contributed by atoms with van der Waals surface area (Å²) in [6.45, 7) is 0. The fraction of sp³-hybridized carbons (Fsp3) is 0.0526. The second kappa shape index (κ2) is 7.84. The van der Waals surface area contributed by atoms with Crippen molar-refractivity contribution in [2.45, 2.75) is 10.1 Å². The number of aromatic nitrogens is 1. The second-order valence-electron chi connectivity index (χ2n) is 6.00. The van der Waals surface area contributed by atoms with E-state index in [0.29, 0.717) is 12.1 Å². The molecule has 2 aromatic carbocycles. The highest BCUT2D eigenvalue weighted by Crippen LogP contribution is 2.37. The Bertz CT molecular complexity index is 1200. The summed E-state index contributed by atoms with van der Waals surface area (Å²) in [4.78, 5) is 14.6. The number of carbonyl (C=O) groups excluding carboxylic acids is 1. The smallest absolute Gasteiger partial charge is 0.250 e. The van der Waals surface area contributed by atoms with Gasteiger partial charge < -0.3 is 5.73 Å². The molecule has 1 atom stereocenters. The Balaban J connectivity index is 2.30. The number of rotatable bonds is 5. The first-order chi connectivity index (χ1) is 13.6. The van der Waals surface area contributed by atoms with Gasteiger partial charge in [-0.3, -0.25) is 9.78 Å². The molecule has 1 heterocycles. The largest absolute Gasteiger partial charge is 0.366 e. The Morgan fingerprint density at radius 1 is 1.00 bits per heavy atom. The zero-order chi connectivity index (χ0) is 21.3. The minimum Gasteiger partial charge on any atom is -0.366 e. The molecule has 0 fully saturated rings. The van der Waals surface area contributed by atoms with E-state index in [9.17, 15) is 26.4 Å². The molecule has 1 amide bonds. The lowest BCUT2D eigenvalue weighted by molar-refractivity contribution is 0.0999. The van der Waals surface area contributed by atoms with Crippen LogP contribution in [0.25, 0.3) is 0 Å². The Labute approximate surface area is 168 Å². The molecular formula is C19H12ClF3N2O3S. The number of halogens is 4. The third-order valence-electron chi connectivity index (χ3n) is 4.10. The first-order valence-corrected chi connectivity index (χ1v) is 9.93. The van der Waals surface area contributed by atoms with Crippen LogP contribution in [0, 0.1) is 17.5 Å². The summed E-state index contributed by atoms with van der Waals surface area (Å²) in [6.07, 6.45) is 0.863. The molecule has 5 nitrogen and oxygen atoms in total. The SMILES string of the molecule is NC(=O)c1cnc(C(c2cc(F)ccc2F)S(=O)(=O)c2ccc(Cl)cc2)c(F)c1. The first-order valence-electron chi connectivity index (χ1n) is 8.01. The van der Waals surface area contributed by atoms with Crippen LogP contribution in [0.5, 0.6) is 0 Å². The predicted molar refractivity (Wildman–Crippen MR) is 99.6 cm³/mol. The van der Waals surface area contributed by atoms with Crippen molar-refractivity contribution in [2.24, 2.45) is 5.73 Å². The molecule has 0 aliphatic carbocycles. The first kappa shape index (κ1) is 20.8. The van der Waals surface area contributed by atoms with Gasteiger partial charge in [0.15, 0.2) is 9.84 Å². The maximum atomic E-state index is 14.7. The van der Waals surface area contributed by atoms with E-state index >= 15 is 0 Å². The fourth-order valence-electron chi connectivity index (χ4n) is 2.71. The molecule has 3 aromatic rings. The molecule has 0 aliphatic heterocycles. The molecule has 0 bridgehead atoms. The summed E-state index contributed by atoms with van der Waals surface area (Å²) in [7, 11) is -4.50. The lowest BCUT2D eigenvalue weighted by Gasteiger charge is -2.19. The van der Waals surface area contributed by atoms with E-state index in [2.05, 4.69) is 4.98 Å².